The van der Waals surface area contributed by atoms with Crippen molar-refractivity contribution in [3.8, 4) is 6.07 Å². The standard InChI is InChI=1S/C10H7NO3/c1-6-2-9(10(13)14)8(5-12)3-7(6)4-11/h2-3,5H,1H3,(H,13,14). The summed E-state index contributed by atoms with van der Waals surface area (Å²) in [4.78, 5) is 21.2. The molecule has 0 spiro atoms. The predicted molar refractivity (Wildman–Crippen MR) is 48.2 cm³/mol. The van der Waals surface area contributed by atoms with Gasteiger partial charge in [0.2, 0.25) is 0 Å². The van der Waals surface area contributed by atoms with E-state index in [0.29, 0.717) is 17.4 Å². The van der Waals surface area contributed by atoms with Crippen molar-refractivity contribution in [2.24, 2.45) is 0 Å². The van der Waals surface area contributed by atoms with Gasteiger partial charge in [0.25, 0.3) is 0 Å². The van der Waals surface area contributed by atoms with E-state index in [1.165, 1.54) is 12.1 Å². The van der Waals surface area contributed by atoms with E-state index in [2.05, 4.69) is 0 Å². The molecular weight excluding hydrogens is 182 g/mol. The molecule has 0 unspecified atom stereocenters. The third kappa shape index (κ3) is 1.62. The largest absolute Gasteiger partial charge is 0.478 e. The van der Waals surface area contributed by atoms with Gasteiger partial charge in [0, 0.05) is 5.56 Å². The van der Waals surface area contributed by atoms with Crippen LogP contribution in [0.3, 0.4) is 0 Å². The molecule has 0 aliphatic rings. The fourth-order valence-electron chi connectivity index (χ4n) is 1.13. The molecule has 0 aliphatic heterocycles. The lowest BCUT2D eigenvalue weighted by molar-refractivity contribution is 0.0694. The Bertz CT molecular complexity index is 443. The molecule has 0 radical (unpaired) electrons. The monoisotopic (exact) mass is 189 g/mol. The lowest BCUT2D eigenvalue weighted by Crippen LogP contribution is -2.03. The Morgan fingerprint density at radius 1 is 1.57 bits per heavy atom. The molecule has 70 valence electrons. The number of aldehydes is 1. The lowest BCUT2D eigenvalue weighted by atomic mass is 10.0. The van der Waals surface area contributed by atoms with Crippen molar-refractivity contribution < 1.29 is 14.7 Å². The average Bonchev–Trinajstić information content (AvgIpc) is 2.17. The quantitative estimate of drug-likeness (QED) is 0.713. The van der Waals surface area contributed by atoms with Gasteiger partial charge in [-0.2, -0.15) is 5.26 Å². The summed E-state index contributed by atoms with van der Waals surface area (Å²) in [6.45, 7) is 1.62. The molecule has 0 fully saturated rings. The summed E-state index contributed by atoms with van der Waals surface area (Å²) < 4.78 is 0. The second-order valence-electron chi connectivity index (χ2n) is 2.79. The van der Waals surface area contributed by atoms with Crippen molar-refractivity contribution >= 4 is 12.3 Å². The number of hydrogen-bond donors (Lipinski definition) is 1. The van der Waals surface area contributed by atoms with E-state index >= 15 is 0 Å². The van der Waals surface area contributed by atoms with Crippen LogP contribution in [0.15, 0.2) is 12.1 Å². The molecule has 1 aromatic rings. The van der Waals surface area contributed by atoms with Crippen molar-refractivity contribution in [2.45, 2.75) is 6.92 Å². The van der Waals surface area contributed by atoms with Crippen LogP contribution >= 0.6 is 0 Å². The van der Waals surface area contributed by atoms with Gasteiger partial charge in [-0.25, -0.2) is 4.79 Å². The van der Waals surface area contributed by atoms with Crippen LogP contribution in [0, 0.1) is 18.3 Å². The van der Waals surface area contributed by atoms with E-state index < -0.39 is 5.97 Å². The van der Waals surface area contributed by atoms with Gasteiger partial charge in [0.1, 0.15) is 0 Å². The summed E-state index contributed by atoms with van der Waals surface area (Å²) >= 11 is 0. The zero-order valence-electron chi connectivity index (χ0n) is 7.44. The molecule has 0 heterocycles. The number of aryl methyl sites for hydroxylation is 1. The topological polar surface area (TPSA) is 78.2 Å². The second-order valence-corrected chi connectivity index (χ2v) is 2.79. The first-order valence-electron chi connectivity index (χ1n) is 3.83. The average molecular weight is 189 g/mol. The second kappa shape index (κ2) is 3.71. The number of rotatable bonds is 2. The van der Waals surface area contributed by atoms with Gasteiger partial charge in [-0.05, 0) is 24.6 Å². The van der Waals surface area contributed by atoms with Gasteiger partial charge in [0.05, 0.1) is 17.2 Å². The van der Waals surface area contributed by atoms with Gasteiger partial charge < -0.3 is 5.11 Å². The molecule has 1 rings (SSSR count). The van der Waals surface area contributed by atoms with Crippen molar-refractivity contribution in [3.05, 3.63) is 34.4 Å². The van der Waals surface area contributed by atoms with Crippen LogP contribution in [0.2, 0.25) is 0 Å². The maximum Gasteiger partial charge on any atom is 0.336 e. The number of aromatic carboxylic acids is 1. The summed E-state index contributed by atoms with van der Waals surface area (Å²) in [6.07, 6.45) is 0.434. The normalized spacial score (nSPS) is 9.14. The Kier molecular flexibility index (Phi) is 2.63. The molecule has 0 saturated carbocycles. The van der Waals surface area contributed by atoms with Crippen molar-refractivity contribution in [3.63, 3.8) is 0 Å². The maximum atomic E-state index is 10.7. The minimum Gasteiger partial charge on any atom is -0.478 e. The van der Waals surface area contributed by atoms with Gasteiger partial charge in [-0.1, -0.05) is 0 Å². The van der Waals surface area contributed by atoms with E-state index in [1.54, 1.807) is 6.92 Å². The van der Waals surface area contributed by atoms with Crippen molar-refractivity contribution in [1.29, 1.82) is 5.26 Å². The van der Waals surface area contributed by atoms with Crippen LogP contribution in [-0.2, 0) is 0 Å². The number of carbonyl (C=O) groups excluding carboxylic acids is 1. The van der Waals surface area contributed by atoms with Crippen LogP contribution in [-0.4, -0.2) is 17.4 Å². The Morgan fingerprint density at radius 2 is 2.21 bits per heavy atom. The van der Waals surface area contributed by atoms with Crippen LogP contribution in [0.25, 0.3) is 0 Å². The Morgan fingerprint density at radius 3 is 2.64 bits per heavy atom. The first kappa shape index (κ1) is 9.93. The number of nitrogens with zero attached hydrogens (tertiary/aromatic N) is 1. The van der Waals surface area contributed by atoms with Crippen molar-refractivity contribution in [1.82, 2.24) is 0 Å². The Labute approximate surface area is 80.4 Å². The summed E-state index contributed by atoms with van der Waals surface area (Å²) in [5.41, 5.74) is 0.823. The molecule has 1 aromatic carbocycles. The highest BCUT2D eigenvalue weighted by atomic mass is 16.4. The SMILES string of the molecule is Cc1cc(C(=O)O)c(C=O)cc1C#N. The lowest BCUT2D eigenvalue weighted by Gasteiger charge is -2.02. The van der Waals surface area contributed by atoms with Crippen LogP contribution in [0.5, 0.6) is 0 Å². The van der Waals surface area contributed by atoms with E-state index in [-0.39, 0.29) is 11.1 Å². The van der Waals surface area contributed by atoms with E-state index in [9.17, 15) is 9.59 Å². The fourth-order valence-corrected chi connectivity index (χ4v) is 1.13. The highest BCUT2D eigenvalue weighted by Gasteiger charge is 2.12. The van der Waals surface area contributed by atoms with E-state index in [0.717, 1.165) is 0 Å². The van der Waals surface area contributed by atoms with E-state index in [4.69, 9.17) is 10.4 Å². The molecule has 0 aromatic heterocycles. The molecule has 0 saturated heterocycles. The molecule has 0 bridgehead atoms. The number of carbonyl (C=O) groups is 2. The molecular formula is C10H7NO3. The van der Waals surface area contributed by atoms with Gasteiger partial charge >= 0.3 is 5.97 Å². The third-order valence-corrected chi connectivity index (χ3v) is 1.87. The highest BCUT2D eigenvalue weighted by molar-refractivity contribution is 5.97. The smallest absolute Gasteiger partial charge is 0.336 e. The summed E-state index contributed by atoms with van der Waals surface area (Å²) in [5.74, 6) is -1.17. The first-order chi connectivity index (χ1) is 6.60. The Hall–Kier alpha value is -2.15. The minimum absolute atomic E-state index is 0.0275. The zero-order valence-corrected chi connectivity index (χ0v) is 7.44. The molecule has 4 nitrogen and oxygen atoms in total. The highest BCUT2D eigenvalue weighted by Crippen LogP contribution is 2.14. The zero-order chi connectivity index (χ0) is 10.7. The van der Waals surface area contributed by atoms with Crippen molar-refractivity contribution in [2.75, 3.05) is 0 Å². The summed E-state index contributed by atoms with van der Waals surface area (Å²) in [5, 5.41) is 17.4. The predicted octanol–water partition coefficient (Wildman–Crippen LogP) is 1.38. The summed E-state index contributed by atoms with van der Waals surface area (Å²) in [7, 11) is 0. The molecule has 1 N–H and O–H groups in total. The van der Waals surface area contributed by atoms with E-state index in [1.807, 2.05) is 6.07 Å². The summed E-state index contributed by atoms with van der Waals surface area (Å²) in [6, 6.07) is 4.49. The van der Waals surface area contributed by atoms with Gasteiger partial charge in [-0.3, -0.25) is 4.79 Å². The number of carboxylic acids is 1. The first-order valence-corrected chi connectivity index (χ1v) is 3.83. The number of hydrogen-bond acceptors (Lipinski definition) is 3. The minimum atomic E-state index is -1.17. The fraction of sp³-hybridized carbons (Fsp3) is 0.100. The maximum absolute atomic E-state index is 10.7. The molecule has 14 heavy (non-hydrogen) atoms. The van der Waals surface area contributed by atoms with Crippen LogP contribution in [0.4, 0.5) is 0 Å². The molecule has 0 atom stereocenters. The Balaban J connectivity index is 3.48. The van der Waals surface area contributed by atoms with Crippen LogP contribution < -0.4 is 0 Å². The van der Waals surface area contributed by atoms with Gasteiger partial charge in [-0.15, -0.1) is 0 Å². The number of carboxylic acid groups (broad SMARTS) is 1. The molecule has 0 amide bonds. The molecule has 4 heteroatoms. The number of benzene rings is 1. The number of nitriles is 1. The van der Waals surface area contributed by atoms with Gasteiger partial charge in [0.15, 0.2) is 6.29 Å². The third-order valence-electron chi connectivity index (χ3n) is 1.87. The van der Waals surface area contributed by atoms with Crippen LogP contribution in [0.1, 0.15) is 31.8 Å². The molecule has 0 aliphatic carbocycles.